The van der Waals surface area contributed by atoms with Crippen LogP contribution in [0.15, 0.2) is 54.6 Å². The molecule has 0 radical (unpaired) electrons. The Kier molecular flexibility index (Phi) is 8.68. The van der Waals surface area contributed by atoms with Crippen LogP contribution in [0.5, 0.6) is 0 Å². The minimum absolute atomic E-state index is 0.0753. The van der Waals surface area contributed by atoms with Crippen LogP contribution in [0.2, 0.25) is 19.1 Å². The normalized spacial score (nSPS) is 12.7. The van der Waals surface area contributed by atoms with Gasteiger partial charge in [0.15, 0.2) is 8.07 Å². The Morgan fingerprint density at radius 1 is 1.00 bits per heavy atom. The molecular weight excluding hydrogens is 308 g/mol. The van der Waals surface area contributed by atoms with Crippen LogP contribution < -0.4 is 10.4 Å². The summed E-state index contributed by atoms with van der Waals surface area (Å²) in [6, 6.07) is 20.9. The Labute approximate surface area is 146 Å². The standard InChI is InChI=1S/C13H18Si.C8H12Si/c1-4-11-14(3,12-5-2)13-9-7-6-8-10-13;1-7-3-5-8(9-2)6-4-7/h6-10H,4,11H2,1-3H3;3-6H,9H2,1-2H3. The third-order valence-corrected chi connectivity index (χ3v) is 9.29. The fourth-order valence-corrected chi connectivity index (χ4v) is 6.43. The molecule has 0 saturated heterocycles. The molecule has 2 heteroatoms. The SMILES string of the molecule is CC#C[Si](C)(CCC)c1ccccc1.C[SiH2]c1ccc(C)cc1. The van der Waals surface area contributed by atoms with E-state index in [-0.39, 0.29) is 9.52 Å². The van der Waals surface area contributed by atoms with Crippen LogP contribution in [-0.2, 0) is 0 Å². The minimum atomic E-state index is -1.49. The van der Waals surface area contributed by atoms with E-state index in [4.69, 9.17) is 0 Å². The highest BCUT2D eigenvalue weighted by Gasteiger charge is 2.25. The second-order valence-corrected chi connectivity index (χ2v) is 11.7. The maximum atomic E-state index is 3.47. The van der Waals surface area contributed by atoms with E-state index in [9.17, 15) is 0 Å². The summed E-state index contributed by atoms with van der Waals surface area (Å²) in [5, 5.41) is 3.02. The first-order valence-corrected chi connectivity index (χ1v) is 13.4. The zero-order valence-corrected chi connectivity index (χ0v) is 17.7. The van der Waals surface area contributed by atoms with Gasteiger partial charge in [-0.05, 0) is 25.1 Å². The van der Waals surface area contributed by atoms with Crippen LogP contribution in [0.4, 0.5) is 0 Å². The first-order valence-electron chi connectivity index (χ1n) is 8.60. The van der Waals surface area contributed by atoms with Gasteiger partial charge in [0.05, 0.1) is 9.52 Å². The number of hydrogen-bond acceptors (Lipinski definition) is 0. The van der Waals surface area contributed by atoms with Gasteiger partial charge in [-0.3, -0.25) is 0 Å². The zero-order valence-electron chi connectivity index (χ0n) is 15.3. The fraction of sp³-hybridized carbons (Fsp3) is 0.333. The van der Waals surface area contributed by atoms with Gasteiger partial charge in [0.25, 0.3) is 0 Å². The van der Waals surface area contributed by atoms with Crippen molar-refractivity contribution in [1.82, 2.24) is 0 Å². The molecule has 2 aromatic rings. The van der Waals surface area contributed by atoms with Gasteiger partial charge in [-0.1, -0.05) is 91.8 Å². The Morgan fingerprint density at radius 3 is 2.09 bits per heavy atom. The average molecular weight is 339 g/mol. The van der Waals surface area contributed by atoms with E-state index >= 15 is 0 Å². The Hall–Kier alpha value is -1.57. The molecule has 0 spiro atoms. The first-order chi connectivity index (χ1) is 11.1. The van der Waals surface area contributed by atoms with Crippen LogP contribution in [0, 0.1) is 18.4 Å². The second kappa shape index (κ2) is 10.3. The van der Waals surface area contributed by atoms with Crippen LogP contribution in [-0.4, -0.2) is 17.6 Å². The summed E-state index contributed by atoms with van der Waals surface area (Å²) >= 11 is 0. The summed E-state index contributed by atoms with van der Waals surface area (Å²) in [5.74, 6) is 3.10. The molecule has 0 amide bonds. The van der Waals surface area contributed by atoms with Crippen LogP contribution in [0.25, 0.3) is 0 Å². The van der Waals surface area contributed by atoms with Crippen molar-refractivity contribution < 1.29 is 0 Å². The highest BCUT2D eigenvalue weighted by Crippen LogP contribution is 2.11. The molecule has 23 heavy (non-hydrogen) atoms. The highest BCUT2D eigenvalue weighted by atomic mass is 28.3. The summed E-state index contributed by atoms with van der Waals surface area (Å²) in [6.07, 6.45) is 1.23. The molecule has 2 rings (SSSR count). The third kappa shape index (κ3) is 6.60. The number of hydrogen-bond donors (Lipinski definition) is 0. The van der Waals surface area contributed by atoms with E-state index in [0.29, 0.717) is 0 Å². The molecule has 1 atom stereocenters. The molecule has 0 saturated carbocycles. The number of aryl methyl sites for hydroxylation is 1. The van der Waals surface area contributed by atoms with Crippen molar-refractivity contribution in [3.8, 4) is 11.5 Å². The lowest BCUT2D eigenvalue weighted by atomic mass is 10.2. The molecule has 0 fully saturated rings. The third-order valence-electron chi connectivity index (χ3n) is 4.09. The lowest BCUT2D eigenvalue weighted by Gasteiger charge is -2.20. The topological polar surface area (TPSA) is 0 Å². The summed E-state index contributed by atoms with van der Waals surface area (Å²) in [7, 11) is -1.41. The molecule has 1 unspecified atom stereocenters. The average Bonchev–Trinajstić information content (AvgIpc) is 2.57. The predicted molar refractivity (Wildman–Crippen MR) is 111 cm³/mol. The maximum Gasteiger partial charge on any atom is 0.165 e. The van der Waals surface area contributed by atoms with Crippen molar-refractivity contribution in [1.29, 1.82) is 0 Å². The Bertz CT molecular complexity index is 620. The van der Waals surface area contributed by atoms with E-state index in [1.54, 1.807) is 5.19 Å². The van der Waals surface area contributed by atoms with Crippen LogP contribution in [0.1, 0.15) is 25.8 Å². The molecule has 0 aliphatic carbocycles. The van der Waals surface area contributed by atoms with E-state index < -0.39 is 8.07 Å². The molecule has 0 aliphatic rings. The molecule has 122 valence electrons. The molecule has 0 nitrogen and oxygen atoms in total. The van der Waals surface area contributed by atoms with Crippen LogP contribution in [0.3, 0.4) is 0 Å². The highest BCUT2D eigenvalue weighted by molar-refractivity contribution is 6.97. The smallest absolute Gasteiger partial charge is 0.126 e. The maximum absolute atomic E-state index is 3.47. The van der Waals surface area contributed by atoms with E-state index in [2.05, 4.69) is 93.0 Å². The molecule has 0 aliphatic heterocycles. The molecule has 0 heterocycles. The first kappa shape index (κ1) is 19.5. The lowest BCUT2D eigenvalue weighted by molar-refractivity contribution is 1.06. The number of rotatable bonds is 4. The molecule has 0 N–H and O–H groups in total. The van der Waals surface area contributed by atoms with Gasteiger partial charge in [-0.15, -0.1) is 11.5 Å². The predicted octanol–water partition coefficient (Wildman–Crippen LogP) is 3.78. The summed E-state index contributed by atoms with van der Waals surface area (Å²) in [4.78, 5) is 0. The summed E-state index contributed by atoms with van der Waals surface area (Å²) in [5.41, 5.74) is 4.83. The molecular formula is C21H30Si2. The van der Waals surface area contributed by atoms with Crippen molar-refractivity contribution in [2.24, 2.45) is 0 Å². The van der Waals surface area contributed by atoms with E-state index in [0.717, 1.165) is 0 Å². The zero-order chi connectivity index (χ0) is 17.1. The van der Waals surface area contributed by atoms with Crippen molar-refractivity contribution >= 4 is 28.0 Å². The number of benzene rings is 2. The molecule has 2 aromatic carbocycles. The largest absolute Gasteiger partial charge is 0.165 e. The van der Waals surface area contributed by atoms with Crippen molar-refractivity contribution in [2.75, 3.05) is 0 Å². The van der Waals surface area contributed by atoms with Crippen molar-refractivity contribution in [3.63, 3.8) is 0 Å². The van der Waals surface area contributed by atoms with Gasteiger partial charge in [0.2, 0.25) is 0 Å². The summed E-state index contributed by atoms with van der Waals surface area (Å²) in [6.45, 7) is 11.0. The molecule has 0 bridgehead atoms. The van der Waals surface area contributed by atoms with Gasteiger partial charge >= 0.3 is 0 Å². The Balaban J connectivity index is 0.000000253. The summed E-state index contributed by atoms with van der Waals surface area (Å²) < 4.78 is 0. The Morgan fingerprint density at radius 2 is 1.61 bits per heavy atom. The van der Waals surface area contributed by atoms with E-state index in [1.807, 2.05) is 6.92 Å². The lowest BCUT2D eigenvalue weighted by Crippen LogP contribution is -2.43. The van der Waals surface area contributed by atoms with Crippen LogP contribution >= 0.6 is 0 Å². The monoisotopic (exact) mass is 338 g/mol. The second-order valence-electron chi connectivity index (χ2n) is 6.16. The van der Waals surface area contributed by atoms with Crippen molar-refractivity contribution in [2.45, 2.75) is 46.3 Å². The fourth-order valence-electron chi connectivity index (χ4n) is 2.68. The van der Waals surface area contributed by atoms with Gasteiger partial charge in [0.1, 0.15) is 0 Å². The van der Waals surface area contributed by atoms with Gasteiger partial charge in [0, 0.05) is 0 Å². The molecule has 0 aromatic heterocycles. The minimum Gasteiger partial charge on any atom is -0.126 e. The quantitative estimate of drug-likeness (QED) is 0.588. The van der Waals surface area contributed by atoms with E-state index in [1.165, 1.54) is 23.2 Å². The van der Waals surface area contributed by atoms with Gasteiger partial charge in [-0.2, -0.15) is 0 Å². The van der Waals surface area contributed by atoms with Crippen molar-refractivity contribution in [3.05, 3.63) is 60.2 Å². The van der Waals surface area contributed by atoms with Gasteiger partial charge < -0.3 is 0 Å². The van der Waals surface area contributed by atoms with Gasteiger partial charge in [-0.25, -0.2) is 0 Å².